The standard InChI is InChI=1S/C20H27NO2/c1-2-23-20(22)15-17-10-8-16(9-11-17)14-18-6-3-4-7-19(18)21-12-5-13-21/h8-11,14,19H,2-7,12-13,15H2,1H3. The summed E-state index contributed by atoms with van der Waals surface area (Å²) in [5.41, 5.74) is 3.86. The number of hydrogen-bond acceptors (Lipinski definition) is 3. The Morgan fingerprint density at radius 1 is 1.22 bits per heavy atom. The van der Waals surface area contributed by atoms with Crippen molar-refractivity contribution < 1.29 is 9.53 Å². The van der Waals surface area contributed by atoms with Crippen molar-refractivity contribution in [1.82, 2.24) is 4.90 Å². The van der Waals surface area contributed by atoms with Gasteiger partial charge < -0.3 is 4.74 Å². The van der Waals surface area contributed by atoms with Gasteiger partial charge in [0.2, 0.25) is 0 Å². The largest absolute Gasteiger partial charge is 0.466 e. The topological polar surface area (TPSA) is 29.5 Å². The Hall–Kier alpha value is -1.61. The predicted molar refractivity (Wildman–Crippen MR) is 93.2 cm³/mol. The van der Waals surface area contributed by atoms with Crippen LogP contribution in [0, 0.1) is 0 Å². The first-order valence-electron chi connectivity index (χ1n) is 8.95. The maximum absolute atomic E-state index is 11.5. The molecule has 1 saturated carbocycles. The van der Waals surface area contributed by atoms with Crippen molar-refractivity contribution in [2.24, 2.45) is 0 Å². The molecule has 2 fully saturated rings. The van der Waals surface area contributed by atoms with Gasteiger partial charge in [0.05, 0.1) is 13.0 Å². The van der Waals surface area contributed by atoms with Crippen molar-refractivity contribution in [1.29, 1.82) is 0 Å². The molecule has 3 heteroatoms. The first-order valence-corrected chi connectivity index (χ1v) is 8.95. The normalized spacial score (nSPS) is 23.5. The molecule has 1 atom stereocenters. The number of carbonyl (C=O) groups is 1. The zero-order valence-electron chi connectivity index (χ0n) is 14.1. The van der Waals surface area contributed by atoms with Gasteiger partial charge >= 0.3 is 5.97 Å². The van der Waals surface area contributed by atoms with E-state index in [1.165, 1.54) is 50.8 Å². The van der Waals surface area contributed by atoms with Gasteiger partial charge in [-0.15, -0.1) is 0 Å². The summed E-state index contributed by atoms with van der Waals surface area (Å²) in [5.74, 6) is -0.149. The molecule has 1 unspecified atom stereocenters. The number of esters is 1. The van der Waals surface area contributed by atoms with E-state index in [4.69, 9.17) is 4.74 Å². The highest BCUT2D eigenvalue weighted by atomic mass is 16.5. The van der Waals surface area contributed by atoms with Crippen molar-refractivity contribution in [2.45, 2.75) is 51.5 Å². The number of carbonyl (C=O) groups excluding carboxylic acids is 1. The van der Waals surface area contributed by atoms with Crippen LogP contribution in [0.5, 0.6) is 0 Å². The highest BCUT2D eigenvalue weighted by molar-refractivity contribution is 5.72. The molecule has 23 heavy (non-hydrogen) atoms. The minimum atomic E-state index is -0.149. The Kier molecular flexibility index (Phi) is 5.50. The van der Waals surface area contributed by atoms with Crippen molar-refractivity contribution in [3.05, 3.63) is 41.0 Å². The van der Waals surface area contributed by atoms with Gasteiger partial charge in [-0.05, 0) is 56.8 Å². The monoisotopic (exact) mass is 313 g/mol. The van der Waals surface area contributed by atoms with Crippen LogP contribution in [0.4, 0.5) is 0 Å². The Labute approximate surface area is 139 Å². The van der Waals surface area contributed by atoms with Crippen molar-refractivity contribution in [2.75, 3.05) is 19.7 Å². The average Bonchev–Trinajstić information content (AvgIpc) is 2.50. The van der Waals surface area contributed by atoms with E-state index in [-0.39, 0.29) is 5.97 Å². The molecule has 0 radical (unpaired) electrons. The molecule has 1 heterocycles. The number of rotatable bonds is 5. The Morgan fingerprint density at radius 3 is 2.65 bits per heavy atom. The van der Waals surface area contributed by atoms with Crippen molar-refractivity contribution in [3.63, 3.8) is 0 Å². The van der Waals surface area contributed by atoms with Crippen LogP contribution in [0.2, 0.25) is 0 Å². The van der Waals surface area contributed by atoms with Gasteiger partial charge in [-0.1, -0.05) is 42.3 Å². The third-order valence-electron chi connectivity index (χ3n) is 4.94. The molecule has 1 aliphatic heterocycles. The fourth-order valence-corrected chi connectivity index (χ4v) is 3.58. The quantitative estimate of drug-likeness (QED) is 0.774. The van der Waals surface area contributed by atoms with Crippen LogP contribution in [0.15, 0.2) is 29.8 Å². The fourth-order valence-electron chi connectivity index (χ4n) is 3.58. The first kappa shape index (κ1) is 16.3. The Morgan fingerprint density at radius 2 is 2.00 bits per heavy atom. The van der Waals surface area contributed by atoms with Crippen LogP contribution in [0.1, 0.15) is 50.2 Å². The highest BCUT2D eigenvalue weighted by Gasteiger charge is 2.28. The van der Waals surface area contributed by atoms with Gasteiger partial charge in [-0.2, -0.15) is 0 Å². The molecule has 0 aromatic heterocycles. The molecule has 124 valence electrons. The van der Waals surface area contributed by atoms with E-state index in [1.54, 1.807) is 5.57 Å². The zero-order valence-corrected chi connectivity index (χ0v) is 14.1. The van der Waals surface area contributed by atoms with Gasteiger partial charge in [0.25, 0.3) is 0 Å². The van der Waals surface area contributed by atoms with Gasteiger partial charge in [0.1, 0.15) is 0 Å². The lowest BCUT2D eigenvalue weighted by Gasteiger charge is -2.42. The fraction of sp³-hybridized carbons (Fsp3) is 0.550. The summed E-state index contributed by atoms with van der Waals surface area (Å²) in [6.07, 6.45) is 9.30. The SMILES string of the molecule is CCOC(=O)Cc1ccc(C=C2CCCCC2N2CCC2)cc1. The third kappa shape index (κ3) is 4.23. The lowest BCUT2D eigenvalue weighted by atomic mass is 9.86. The molecule has 0 bridgehead atoms. The van der Waals surface area contributed by atoms with E-state index in [0.717, 1.165) is 5.56 Å². The third-order valence-corrected chi connectivity index (χ3v) is 4.94. The summed E-state index contributed by atoms with van der Waals surface area (Å²) >= 11 is 0. The molecular formula is C20H27NO2. The molecule has 1 aromatic rings. The average molecular weight is 313 g/mol. The number of benzene rings is 1. The van der Waals surface area contributed by atoms with Gasteiger partial charge in [0, 0.05) is 6.04 Å². The molecule has 1 aliphatic carbocycles. The summed E-state index contributed by atoms with van der Waals surface area (Å²) in [6, 6.07) is 9.01. The molecule has 1 aromatic carbocycles. The second-order valence-electron chi connectivity index (χ2n) is 6.59. The van der Waals surface area contributed by atoms with Gasteiger partial charge in [0.15, 0.2) is 0 Å². The first-order chi connectivity index (χ1) is 11.3. The maximum atomic E-state index is 11.5. The smallest absolute Gasteiger partial charge is 0.310 e. The van der Waals surface area contributed by atoms with Gasteiger partial charge in [-0.25, -0.2) is 0 Å². The Bertz CT molecular complexity index is 558. The summed E-state index contributed by atoms with van der Waals surface area (Å²) < 4.78 is 5.00. The lowest BCUT2D eigenvalue weighted by Crippen LogP contribution is -2.46. The molecule has 3 nitrogen and oxygen atoms in total. The van der Waals surface area contributed by atoms with E-state index in [9.17, 15) is 4.79 Å². The summed E-state index contributed by atoms with van der Waals surface area (Å²) in [7, 11) is 0. The van der Waals surface area contributed by atoms with Crippen LogP contribution in [0.25, 0.3) is 6.08 Å². The summed E-state index contributed by atoms with van der Waals surface area (Å²) in [4.78, 5) is 14.2. The summed E-state index contributed by atoms with van der Waals surface area (Å²) in [6.45, 7) is 4.81. The molecule has 0 amide bonds. The van der Waals surface area contributed by atoms with Crippen LogP contribution in [-0.4, -0.2) is 36.6 Å². The van der Waals surface area contributed by atoms with Crippen LogP contribution in [-0.2, 0) is 16.0 Å². The second-order valence-corrected chi connectivity index (χ2v) is 6.59. The minimum Gasteiger partial charge on any atom is -0.466 e. The van der Waals surface area contributed by atoms with E-state index >= 15 is 0 Å². The zero-order chi connectivity index (χ0) is 16.1. The van der Waals surface area contributed by atoms with Crippen molar-refractivity contribution in [3.8, 4) is 0 Å². The summed E-state index contributed by atoms with van der Waals surface area (Å²) in [5, 5.41) is 0. The maximum Gasteiger partial charge on any atom is 0.310 e. The van der Waals surface area contributed by atoms with E-state index in [2.05, 4.69) is 23.1 Å². The van der Waals surface area contributed by atoms with Gasteiger partial charge in [-0.3, -0.25) is 9.69 Å². The second kappa shape index (κ2) is 7.78. The highest BCUT2D eigenvalue weighted by Crippen LogP contribution is 2.31. The number of likely N-dealkylation sites (tertiary alicyclic amines) is 1. The number of ether oxygens (including phenoxy) is 1. The molecular weight excluding hydrogens is 286 g/mol. The van der Waals surface area contributed by atoms with Crippen molar-refractivity contribution >= 4 is 12.0 Å². The van der Waals surface area contributed by atoms with E-state index in [1.807, 2.05) is 19.1 Å². The minimum absolute atomic E-state index is 0.149. The van der Waals surface area contributed by atoms with E-state index in [0.29, 0.717) is 19.1 Å². The number of hydrogen-bond donors (Lipinski definition) is 0. The van der Waals surface area contributed by atoms with E-state index < -0.39 is 0 Å². The Balaban J connectivity index is 1.67. The molecule has 3 rings (SSSR count). The number of nitrogens with zero attached hydrogens (tertiary/aromatic N) is 1. The molecule has 2 aliphatic rings. The lowest BCUT2D eigenvalue weighted by molar-refractivity contribution is -0.142. The van der Waals surface area contributed by atoms with Crippen LogP contribution in [0.3, 0.4) is 0 Å². The van der Waals surface area contributed by atoms with Crippen LogP contribution >= 0.6 is 0 Å². The molecule has 0 spiro atoms. The molecule has 1 saturated heterocycles. The predicted octanol–water partition coefficient (Wildman–Crippen LogP) is 3.82. The van der Waals surface area contributed by atoms with Crippen LogP contribution < -0.4 is 0 Å². The molecule has 0 N–H and O–H groups in total.